The van der Waals surface area contributed by atoms with Gasteiger partial charge in [-0.25, -0.2) is 0 Å². The van der Waals surface area contributed by atoms with Gasteiger partial charge in [0.15, 0.2) is 0 Å². The molecule has 0 spiro atoms. The number of carbonyl (C=O) groups is 2. The Labute approximate surface area is 153 Å². The normalized spacial score (nSPS) is 13.7. The van der Waals surface area contributed by atoms with Crippen molar-refractivity contribution in [2.75, 3.05) is 19.0 Å². The molecule has 2 aromatic rings. The maximum Gasteiger partial charge on any atom is 0.419 e. The molecule has 5 nitrogen and oxygen atoms in total. The number of alkyl halides is 3. The summed E-state index contributed by atoms with van der Waals surface area (Å²) >= 11 is 0. The molecule has 142 valence electrons. The van der Waals surface area contributed by atoms with Crippen LogP contribution in [-0.2, 0) is 23.9 Å². The van der Waals surface area contributed by atoms with Crippen LogP contribution in [0, 0.1) is 0 Å². The monoisotopic (exact) mass is 378 g/mol. The van der Waals surface area contributed by atoms with Crippen LogP contribution >= 0.6 is 0 Å². The van der Waals surface area contributed by atoms with E-state index in [2.05, 4.69) is 5.32 Å². The van der Waals surface area contributed by atoms with Crippen molar-refractivity contribution in [3.8, 4) is 5.75 Å². The summed E-state index contributed by atoms with van der Waals surface area (Å²) < 4.78 is 44.1. The van der Waals surface area contributed by atoms with E-state index in [1.165, 1.54) is 6.07 Å². The van der Waals surface area contributed by atoms with Gasteiger partial charge in [-0.3, -0.25) is 9.59 Å². The second-order valence-corrected chi connectivity index (χ2v) is 6.18. The van der Waals surface area contributed by atoms with Gasteiger partial charge < -0.3 is 15.0 Å². The second-order valence-electron chi connectivity index (χ2n) is 6.18. The molecular weight excluding hydrogens is 361 g/mol. The van der Waals surface area contributed by atoms with E-state index in [4.69, 9.17) is 4.74 Å². The number of nitrogens with one attached hydrogen (secondary N) is 1. The van der Waals surface area contributed by atoms with Crippen molar-refractivity contribution in [1.29, 1.82) is 0 Å². The lowest BCUT2D eigenvalue weighted by molar-refractivity contribution is -0.138. The van der Waals surface area contributed by atoms with Gasteiger partial charge in [0, 0.05) is 24.3 Å². The molecule has 1 aliphatic rings. The Kier molecular flexibility index (Phi) is 5.07. The zero-order valence-electron chi connectivity index (χ0n) is 14.5. The summed E-state index contributed by atoms with van der Waals surface area (Å²) in [6.07, 6.45) is -3.15. The lowest BCUT2D eigenvalue weighted by Gasteiger charge is -2.25. The lowest BCUT2D eigenvalue weighted by atomic mass is 9.99. The number of rotatable bonds is 4. The van der Waals surface area contributed by atoms with Gasteiger partial charge in [0.25, 0.3) is 5.91 Å². The highest BCUT2D eigenvalue weighted by Gasteiger charge is 2.35. The molecule has 0 saturated heterocycles. The summed E-state index contributed by atoms with van der Waals surface area (Å²) in [5, 5.41) is 2.60. The summed E-state index contributed by atoms with van der Waals surface area (Å²) in [6.45, 7) is 1.07. The van der Waals surface area contributed by atoms with Crippen molar-refractivity contribution in [2.45, 2.75) is 19.1 Å². The number of methoxy groups -OCH3 is 1. The van der Waals surface area contributed by atoms with Crippen LogP contribution in [0.15, 0.2) is 36.4 Å². The number of hydrogen-bond donors (Lipinski definition) is 1. The first-order valence-electron chi connectivity index (χ1n) is 8.19. The third-order valence-corrected chi connectivity index (χ3v) is 4.42. The van der Waals surface area contributed by atoms with Gasteiger partial charge in [-0.2, -0.15) is 13.2 Å². The molecule has 2 aromatic carbocycles. The molecule has 0 unspecified atom stereocenters. The zero-order valence-corrected chi connectivity index (χ0v) is 14.5. The summed E-state index contributed by atoms with van der Waals surface area (Å²) in [5.74, 6) is -1.01. The molecule has 0 fully saturated rings. The van der Waals surface area contributed by atoms with E-state index in [0.29, 0.717) is 18.8 Å². The Morgan fingerprint density at radius 3 is 2.63 bits per heavy atom. The maximum absolute atomic E-state index is 13.1. The average Bonchev–Trinajstić information content (AvgIpc) is 2.66. The molecule has 2 amide bonds. The fourth-order valence-electron chi connectivity index (χ4n) is 3.02. The first kappa shape index (κ1) is 18.8. The number of hydrogen-bond acceptors (Lipinski definition) is 3. The van der Waals surface area contributed by atoms with Crippen molar-refractivity contribution in [2.24, 2.45) is 0 Å². The van der Waals surface area contributed by atoms with E-state index < -0.39 is 17.6 Å². The minimum Gasteiger partial charge on any atom is -0.496 e. The average molecular weight is 378 g/mol. The van der Waals surface area contributed by atoms with Crippen LogP contribution in [0.2, 0.25) is 0 Å². The minimum atomic E-state index is -4.63. The number of ether oxygens (including phenoxy) is 1. The first-order valence-corrected chi connectivity index (χ1v) is 8.19. The SMILES string of the molecule is COc1ccc(C(=O)Nc2ccc3c(c2)CN(C=O)CC3)cc1C(F)(F)F. The van der Waals surface area contributed by atoms with Crippen LogP contribution < -0.4 is 10.1 Å². The highest BCUT2D eigenvalue weighted by molar-refractivity contribution is 6.04. The van der Waals surface area contributed by atoms with Crippen LogP contribution in [0.25, 0.3) is 0 Å². The third kappa shape index (κ3) is 4.05. The van der Waals surface area contributed by atoms with E-state index in [9.17, 15) is 22.8 Å². The summed E-state index contributed by atoms with van der Waals surface area (Å²) in [4.78, 5) is 25.0. The van der Waals surface area contributed by atoms with E-state index in [0.717, 1.165) is 43.2 Å². The molecule has 3 rings (SSSR count). The zero-order chi connectivity index (χ0) is 19.6. The number of benzene rings is 2. The molecule has 8 heteroatoms. The van der Waals surface area contributed by atoms with Crippen LogP contribution in [0.1, 0.15) is 27.0 Å². The van der Waals surface area contributed by atoms with Gasteiger partial charge in [-0.1, -0.05) is 6.07 Å². The fourth-order valence-corrected chi connectivity index (χ4v) is 3.02. The quantitative estimate of drug-likeness (QED) is 0.829. The van der Waals surface area contributed by atoms with Crippen molar-refractivity contribution >= 4 is 18.0 Å². The van der Waals surface area contributed by atoms with Gasteiger partial charge in [-0.15, -0.1) is 0 Å². The molecule has 0 saturated carbocycles. The molecule has 0 bridgehead atoms. The van der Waals surface area contributed by atoms with Crippen LogP contribution in [0.3, 0.4) is 0 Å². The van der Waals surface area contributed by atoms with E-state index >= 15 is 0 Å². The predicted octanol–water partition coefficient (Wildman–Crippen LogP) is 3.48. The summed E-state index contributed by atoms with van der Waals surface area (Å²) in [6, 6.07) is 8.43. The third-order valence-electron chi connectivity index (χ3n) is 4.42. The summed E-state index contributed by atoms with van der Waals surface area (Å²) in [7, 11) is 1.14. The fraction of sp³-hybridized carbons (Fsp3) is 0.263. The molecular formula is C19H17F3N2O3. The Hall–Kier alpha value is -3.03. The standard InChI is InChI=1S/C19H17F3N2O3/c1-27-17-5-3-13(9-16(17)19(20,21)22)18(26)23-15-4-2-12-6-7-24(11-25)10-14(12)8-15/h2-5,8-9,11H,6-7,10H2,1H3,(H,23,26). The van der Waals surface area contributed by atoms with Crippen LogP contribution in [0.5, 0.6) is 5.75 Å². The smallest absolute Gasteiger partial charge is 0.419 e. The predicted molar refractivity (Wildman–Crippen MR) is 92.6 cm³/mol. The maximum atomic E-state index is 13.1. The molecule has 1 heterocycles. The highest BCUT2D eigenvalue weighted by Crippen LogP contribution is 2.36. The molecule has 27 heavy (non-hydrogen) atoms. The highest BCUT2D eigenvalue weighted by atomic mass is 19.4. The molecule has 0 radical (unpaired) electrons. The van der Waals surface area contributed by atoms with E-state index in [-0.39, 0.29) is 11.3 Å². The van der Waals surface area contributed by atoms with Crippen molar-refractivity contribution in [3.63, 3.8) is 0 Å². The lowest BCUT2D eigenvalue weighted by Crippen LogP contribution is -2.29. The van der Waals surface area contributed by atoms with Crippen molar-refractivity contribution in [1.82, 2.24) is 4.90 Å². The first-order chi connectivity index (χ1) is 12.8. The number of amides is 2. The second kappa shape index (κ2) is 7.30. The van der Waals surface area contributed by atoms with Gasteiger partial charge in [0.2, 0.25) is 6.41 Å². The van der Waals surface area contributed by atoms with E-state index in [1.54, 1.807) is 17.0 Å². The molecule has 0 aliphatic carbocycles. The number of anilines is 1. The number of halogens is 3. The van der Waals surface area contributed by atoms with Gasteiger partial charge in [0.1, 0.15) is 5.75 Å². The minimum absolute atomic E-state index is 0.129. The molecule has 0 aromatic heterocycles. The van der Waals surface area contributed by atoms with Gasteiger partial charge >= 0.3 is 6.18 Å². The van der Waals surface area contributed by atoms with Crippen molar-refractivity contribution < 1.29 is 27.5 Å². The summed E-state index contributed by atoms with van der Waals surface area (Å²) in [5.41, 5.74) is 1.29. The van der Waals surface area contributed by atoms with Gasteiger partial charge in [0.05, 0.1) is 12.7 Å². The topological polar surface area (TPSA) is 58.6 Å². The number of nitrogens with zero attached hydrogens (tertiary/aromatic N) is 1. The molecule has 1 N–H and O–H groups in total. The molecule has 0 atom stereocenters. The molecule has 1 aliphatic heterocycles. The van der Waals surface area contributed by atoms with E-state index in [1.807, 2.05) is 6.07 Å². The Morgan fingerprint density at radius 2 is 1.96 bits per heavy atom. The van der Waals surface area contributed by atoms with Crippen LogP contribution in [-0.4, -0.2) is 30.9 Å². The number of carbonyl (C=O) groups excluding carboxylic acids is 2. The largest absolute Gasteiger partial charge is 0.496 e. The van der Waals surface area contributed by atoms with Crippen molar-refractivity contribution in [3.05, 3.63) is 58.7 Å². The Morgan fingerprint density at radius 1 is 1.19 bits per heavy atom. The Balaban J connectivity index is 1.83. The number of fused-ring (bicyclic) bond motifs is 1. The Bertz CT molecular complexity index is 881. The van der Waals surface area contributed by atoms with Crippen LogP contribution in [0.4, 0.5) is 18.9 Å². The van der Waals surface area contributed by atoms with Gasteiger partial charge in [-0.05, 0) is 47.9 Å².